The molecule has 0 atom stereocenters. The Morgan fingerprint density at radius 3 is 2.62 bits per heavy atom. The maximum atomic E-state index is 11.6. The summed E-state index contributed by atoms with van der Waals surface area (Å²) >= 11 is 0. The zero-order chi connectivity index (χ0) is 11.6. The van der Waals surface area contributed by atoms with Crippen LogP contribution >= 0.6 is 0 Å². The molecule has 0 spiro atoms. The van der Waals surface area contributed by atoms with Crippen LogP contribution in [0.5, 0.6) is 0 Å². The third-order valence-electron chi connectivity index (χ3n) is 2.68. The number of rotatable bonds is 2. The number of ether oxygens (including phenoxy) is 1. The first-order chi connectivity index (χ1) is 7.63. The first-order valence-electron chi connectivity index (χ1n) is 5.09. The van der Waals surface area contributed by atoms with Crippen molar-refractivity contribution in [2.45, 2.75) is 24.5 Å². The number of carbonyl (C=O) groups excluding carboxylic acids is 1. The van der Waals surface area contributed by atoms with Gasteiger partial charge in [-0.3, -0.25) is 0 Å². The SMILES string of the molecule is C#CC1(O)CC(OC(=O)c2ccccc2)C1. The Hall–Kier alpha value is -1.79. The van der Waals surface area contributed by atoms with Gasteiger partial charge in [-0.15, -0.1) is 6.42 Å². The first-order valence-corrected chi connectivity index (χ1v) is 5.09. The quantitative estimate of drug-likeness (QED) is 0.600. The molecule has 0 saturated heterocycles. The van der Waals surface area contributed by atoms with Crippen molar-refractivity contribution in [2.24, 2.45) is 0 Å². The Balaban J connectivity index is 1.90. The van der Waals surface area contributed by atoms with Crippen molar-refractivity contribution in [3.63, 3.8) is 0 Å². The van der Waals surface area contributed by atoms with Gasteiger partial charge in [0.2, 0.25) is 0 Å². The smallest absolute Gasteiger partial charge is 0.338 e. The van der Waals surface area contributed by atoms with E-state index in [0.717, 1.165) is 0 Å². The van der Waals surface area contributed by atoms with Gasteiger partial charge in [-0.05, 0) is 12.1 Å². The third-order valence-corrected chi connectivity index (χ3v) is 2.68. The first kappa shape index (κ1) is 10.7. The normalized spacial score (nSPS) is 27.6. The summed E-state index contributed by atoms with van der Waals surface area (Å²) in [4.78, 5) is 11.6. The molecule has 1 aliphatic rings. The maximum absolute atomic E-state index is 11.6. The largest absolute Gasteiger partial charge is 0.458 e. The highest BCUT2D eigenvalue weighted by Crippen LogP contribution is 2.34. The molecule has 1 fully saturated rings. The number of benzene rings is 1. The molecule has 2 rings (SSSR count). The van der Waals surface area contributed by atoms with Crippen LogP contribution in [0, 0.1) is 12.3 Å². The fourth-order valence-corrected chi connectivity index (χ4v) is 1.69. The average Bonchev–Trinajstić information content (AvgIpc) is 2.28. The Bertz CT molecular complexity index is 424. The van der Waals surface area contributed by atoms with Crippen molar-refractivity contribution in [1.82, 2.24) is 0 Å². The minimum absolute atomic E-state index is 0.270. The van der Waals surface area contributed by atoms with Crippen molar-refractivity contribution in [1.29, 1.82) is 0 Å². The lowest BCUT2D eigenvalue weighted by atomic mass is 9.78. The molecule has 82 valence electrons. The standard InChI is InChI=1S/C13H12O3/c1-2-13(15)8-11(9-13)16-12(14)10-6-4-3-5-7-10/h1,3-7,11,15H,8-9H2. The second-order valence-electron chi connectivity index (χ2n) is 3.98. The molecule has 0 aliphatic heterocycles. The van der Waals surface area contributed by atoms with Gasteiger partial charge >= 0.3 is 5.97 Å². The van der Waals surface area contributed by atoms with Gasteiger partial charge in [-0.25, -0.2) is 4.79 Å². The summed E-state index contributed by atoms with van der Waals surface area (Å²) in [6.07, 6.45) is 5.51. The fourth-order valence-electron chi connectivity index (χ4n) is 1.69. The number of hydrogen-bond acceptors (Lipinski definition) is 3. The number of esters is 1. The molecule has 0 unspecified atom stereocenters. The summed E-state index contributed by atoms with van der Waals surface area (Å²) in [6.45, 7) is 0. The van der Waals surface area contributed by atoms with Crippen LogP contribution in [0.2, 0.25) is 0 Å². The van der Waals surface area contributed by atoms with Crippen molar-refractivity contribution in [2.75, 3.05) is 0 Å². The van der Waals surface area contributed by atoms with Crippen LogP contribution < -0.4 is 0 Å². The summed E-state index contributed by atoms with van der Waals surface area (Å²) in [5.74, 6) is 1.91. The molecule has 0 aromatic heterocycles. The molecule has 3 nitrogen and oxygen atoms in total. The van der Waals surface area contributed by atoms with E-state index in [1.165, 1.54) is 0 Å². The van der Waals surface area contributed by atoms with Crippen LogP contribution in [-0.4, -0.2) is 22.8 Å². The Morgan fingerprint density at radius 1 is 1.44 bits per heavy atom. The van der Waals surface area contributed by atoms with E-state index in [1.54, 1.807) is 24.3 Å². The van der Waals surface area contributed by atoms with E-state index in [1.807, 2.05) is 6.07 Å². The molecule has 1 aromatic rings. The fraction of sp³-hybridized carbons (Fsp3) is 0.308. The number of terminal acetylenes is 1. The Morgan fingerprint density at radius 2 is 2.06 bits per heavy atom. The lowest BCUT2D eigenvalue weighted by Gasteiger charge is -2.38. The maximum Gasteiger partial charge on any atom is 0.338 e. The van der Waals surface area contributed by atoms with Crippen LogP contribution in [0.25, 0.3) is 0 Å². The molecule has 3 heteroatoms. The van der Waals surface area contributed by atoms with E-state index < -0.39 is 5.60 Å². The van der Waals surface area contributed by atoms with E-state index >= 15 is 0 Å². The van der Waals surface area contributed by atoms with Gasteiger partial charge in [0, 0.05) is 12.8 Å². The monoisotopic (exact) mass is 216 g/mol. The van der Waals surface area contributed by atoms with Crippen LogP contribution in [-0.2, 0) is 4.74 Å². The third kappa shape index (κ3) is 2.07. The molecule has 0 heterocycles. The van der Waals surface area contributed by atoms with Gasteiger partial charge in [-0.2, -0.15) is 0 Å². The molecule has 1 N–H and O–H groups in total. The van der Waals surface area contributed by atoms with E-state index in [0.29, 0.717) is 18.4 Å². The molecule has 0 radical (unpaired) electrons. The number of hydrogen-bond donors (Lipinski definition) is 1. The van der Waals surface area contributed by atoms with E-state index in [4.69, 9.17) is 11.2 Å². The van der Waals surface area contributed by atoms with Gasteiger partial charge in [0.15, 0.2) is 0 Å². The van der Waals surface area contributed by atoms with E-state index in [-0.39, 0.29) is 12.1 Å². The molecule has 0 amide bonds. The molecule has 16 heavy (non-hydrogen) atoms. The van der Waals surface area contributed by atoms with Gasteiger partial charge < -0.3 is 9.84 Å². The summed E-state index contributed by atoms with van der Waals surface area (Å²) in [5, 5.41) is 9.55. The average molecular weight is 216 g/mol. The molecular weight excluding hydrogens is 204 g/mol. The predicted molar refractivity (Wildman–Crippen MR) is 58.7 cm³/mol. The summed E-state index contributed by atoms with van der Waals surface area (Å²) < 4.78 is 5.18. The van der Waals surface area contributed by atoms with Crippen LogP contribution in [0.15, 0.2) is 30.3 Å². The second-order valence-corrected chi connectivity index (χ2v) is 3.98. The lowest BCUT2D eigenvalue weighted by Crippen LogP contribution is -2.47. The second kappa shape index (κ2) is 3.99. The van der Waals surface area contributed by atoms with Gasteiger partial charge in [0.05, 0.1) is 5.56 Å². The minimum Gasteiger partial charge on any atom is -0.458 e. The minimum atomic E-state index is -1.08. The molecule has 1 aromatic carbocycles. The van der Waals surface area contributed by atoms with Crippen LogP contribution in [0.4, 0.5) is 0 Å². The highest BCUT2D eigenvalue weighted by Gasteiger charge is 2.43. The van der Waals surface area contributed by atoms with Gasteiger partial charge in [-0.1, -0.05) is 24.1 Å². The number of carbonyl (C=O) groups is 1. The van der Waals surface area contributed by atoms with E-state index in [2.05, 4.69) is 5.92 Å². The zero-order valence-corrected chi connectivity index (χ0v) is 8.72. The lowest BCUT2D eigenvalue weighted by molar-refractivity contribution is -0.0833. The van der Waals surface area contributed by atoms with E-state index in [9.17, 15) is 9.90 Å². The highest BCUT2D eigenvalue weighted by atomic mass is 16.5. The van der Waals surface area contributed by atoms with Gasteiger partial charge in [0.1, 0.15) is 11.7 Å². The Kier molecular flexibility index (Phi) is 2.67. The van der Waals surface area contributed by atoms with Crippen LogP contribution in [0.3, 0.4) is 0 Å². The van der Waals surface area contributed by atoms with Crippen LogP contribution in [0.1, 0.15) is 23.2 Å². The van der Waals surface area contributed by atoms with Crippen molar-refractivity contribution in [3.05, 3.63) is 35.9 Å². The Labute approximate surface area is 94.0 Å². The summed E-state index contributed by atoms with van der Waals surface area (Å²) in [6, 6.07) is 8.75. The predicted octanol–water partition coefficient (Wildman–Crippen LogP) is 1.37. The molecule has 1 saturated carbocycles. The highest BCUT2D eigenvalue weighted by molar-refractivity contribution is 5.89. The van der Waals surface area contributed by atoms with Gasteiger partial charge in [0.25, 0.3) is 0 Å². The summed E-state index contributed by atoms with van der Waals surface area (Å²) in [7, 11) is 0. The number of aliphatic hydroxyl groups is 1. The molecule has 0 bridgehead atoms. The zero-order valence-electron chi connectivity index (χ0n) is 8.72. The van der Waals surface area contributed by atoms with Crippen molar-refractivity contribution in [3.8, 4) is 12.3 Å². The van der Waals surface area contributed by atoms with Crippen molar-refractivity contribution >= 4 is 5.97 Å². The molecular formula is C13H12O3. The topological polar surface area (TPSA) is 46.5 Å². The summed E-state index contributed by atoms with van der Waals surface area (Å²) in [5.41, 5.74) is -0.569. The van der Waals surface area contributed by atoms with Crippen molar-refractivity contribution < 1.29 is 14.6 Å². The molecule has 1 aliphatic carbocycles.